The van der Waals surface area contributed by atoms with Gasteiger partial charge in [0.25, 0.3) is 0 Å². The van der Waals surface area contributed by atoms with Gasteiger partial charge in [-0.3, -0.25) is 4.79 Å². The van der Waals surface area contributed by atoms with Gasteiger partial charge in [0.1, 0.15) is 5.75 Å². The maximum absolute atomic E-state index is 11.6. The van der Waals surface area contributed by atoms with Gasteiger partial charge in [0, 0.05) is 16.5 Å². The van der Waals surface area contributed by atoms with Crippen molar-refractivity contribution in [3.05, 3.63) is 71.3 Å². The van der Waals surface area contributed by atoms with Gasteiger partial charge < -0.3 is 10.5 Å². The van der Waals surface area contributed by atoms with Crippen molar-refractivity contribution in [2.24, 2.45) is 23.0 Å². The third-order valence-electron chi connectivity index (χ3n) is 6.84. The van der Waals surface area contributed by atoms with Crippen LogP contribution < -0.4 is 10.5 Å². The molecule has 0 bridgehead atoms. The van der Waals surface area contributed by atoms with Crippen LogP contribution in [-0.4, -0.2) is 13.0 Å². The second-order valence-electron chi connectivity index (χ2n) is 9.58. The van der Waals surface area contributed by atoms with Gasteiger partial charge in [0.05, 0.1) is 7.11 Å². The van der Waals surface area contributed by atoms with Gasteiger partial charge >= 0.3 is 0 Å². The molecular formula is C29H35NO2. The molecule has 3 heteroatoms. The first-order valence-electron chi connectivity index (χ1n) is 11.5. The average molecular weight is 430 g/mol. The minimum absolute atomic E-state index is 0.201. The van der Waals surface area contributed by atoms with Gasteiger partial charge in [-0.1, -0.05) is 50.8 Å². The highest BCUT2D eigenvalue weighted by atomic mass is 16.5. The summed E-state index contributed by atoms with van der Waals surface area (Å²) in [6.07, 6.45) is 7.71. The van der Waals surface area contributed by atoms with Crippen molar-refractivity contribution in [2.45, 2.75) is 52.9 Å². The summed E-state index contributed by atoms with van der Waals surface area (Å²) in [4.78, 5) is 11.6. The summed E-state index contributed by atoms with van der Waals surface area (Å²) in [5.41, 5.74) is 9.83. The Kier molecular flexibility index (Phi) is 7.80. The fourth-order valence-corrected chi connectivity index (χ4v) is 4.17. The summed E-state index contributed by atoms with van der Waals surface area (Å²) in [5, 5.41) is 0. The SMILES string of the molecule is COc1ccc(C#Cc2ccc(C3=CCC(C(C)CCC(C)(C)C(N)=O)CC3)cc2)cc1. The van der Waals surface area contributed by atoms with Gasteiger partial charge in [-0.2, -0.15) is 0 Å². The molecule has 1 amide bonds. The molecule has 0 heterocycles. The lowest BCUT2D eigenvalue weighted by molar-refractivity contribution is -0.126. The first-order valence-corrected chi connectivity index (χ1v) is 11.5. The lowest BCUT2D eigenvalue weighted by Gasteiger charge is -2.30. The zero-order valence-corrected chi connectivity index (χ0v) is 19.8. The number of hydrogen-bond donors (Lipinski definition) is 1. The van der Waals surface area contributed by atoms with E-state index >= 15 is 0 Å². The number of allylic oxidation sites excluding steroid dienone is 2. The van der Waals surface area contributed by atoms with Crippen LogP contribution in [0, 0.1) is 29.1 Å². The summed E-state index contributed by atoms with van der Waals surface area (Å²) < 4.78 is 5.19. The van der Waals surface area contributed by atoms with Crippen LogP contribution in [0.4, 0.5) is 0 Å². The predicted molar refractivity (Wildman–Crippen MR) is 132 cm³/mol. The van der Waals surface area contributed by atoms with E-state index in [0.717, 1.165) is 42.6 Å². The van der Waals surface area contributed by atoms with Crippen molar-refractivity contribution in [1.82, 2.24) is 0 Å². The average Bonchev–Trinajstić information content (AvgIpc) is 2.82. The smallest absolute Gasteiger partial charge is 0.223 e. The number of benzene rings is 2. The van der Waals surface area contributed by atoms with Crippen LogP contribution >= 0.6 is 0 Å². The molecule has 3 nitrogen and oxygen atoms in total. The number of nitrogens with two attached hydrogens (primary N) is 1. The third-order valence-corrected chi connectivity index (χ3v) is 6.84. The van der Waals surface area contributed by atoms with Crippen LogP contribution in [0.1, 0.15) is 69.6 Å². The Hall–Kier alpha value is -2.99. The Labute approximate surface area is 193 Å². The minimum atomic E-state index is -0.415. The highest BCUT2D eigenvalue weighted by Crippen LogP contribution is 2.37. The van der Waals surface area contributed by atoms with E-state index in [2.05, 4.69) is 49.1 Å². The van der Waals surface area contributed by atoms with Crippen molar-refractivity contribution in [2.75, 3.05) is 7.11 Å². The second kappa shape index (κ2) is 10.6. The molecule has 2 unspecified atom stereocenters. The quantitative estimate of drug-likeness (QED) is 0.532. The first kappa shape index (κ1) is 23.7. The van der Waals surface area contributed by atoms with E-state index in [-0.39, 0.29) is 5.91 Å². The maximum atomic E-state index is 11.6. The number of carbonyl (C=O) groups is 1. The van der Waals surface area contributed by atoms with Gasteiger partial charge in [-0.05, 0) is 91.5 Å². The molecule has 0 saturated heterocycles. The molecule has 2 aromatic carbocycles. The number of methoxy groups -OCH3 is 1. The fraction of sp³-hybridized carbons (Fsp3) is 0.414. The van der Waals surface area contributed by atoms with E-state index in [1.807, 2.05) is 38.1 Å². The Morgan fingerprint density at radius 3 is 2.19 bits per heavy atom. The Morgan fingerprint density at radius 1 is 1.09 bits per heavy atom. The third kappa shape index (κ3) is 6.26. The lowest BCUT2D eigenvalue weighted by atomic mass is 9.75. The van der Waals surface area contributed by atoms with Gasteiger partial charge in [0.15, 0.2) is 0 Å². The van der Waals surface area contributed by atoms with Crippen LogP contribution in [0.25, 0.3) is 5.57 Å². The predicted octanol–water partition coefficient (Wildman–Crippen LogP) is 6.21. The van der Waals surface area contributed by atoms with Gasteiger partial charge in [-0.25, -0.2) is 0 Å². The molecule has 0 spiro atoms. The van der Waals surface area contributed by atoms with E-state index in [1.165, 1.54) is 17.6 Å². The van der Waals surface area contributed by atoms with E-state index < -0.39 is 5.41 Å². The molecule has 2 N–H and O–H groups in total. The molecule has 2 atom stereocenters. The van der Waals surface area contributed by atoms with Crippen LogP contribution in [-0.2, 0) is 4.79 Å². The monoisotopic (exact) mass is 429 g/mol. The zero-order valence-electron chi connectivity index (χ0n) is 19.8. The topological polar surface area (TPSA) is 52.3 Å². The Bertz CT molecular complexity index is 1000. The second-order valence-corrected chi connectivity index (χ2v) is 9.58. The molecule has 1 aliphatic carbocycles. The minimum Gasteiger partial charge on any atom is -0.497 e. The van der Waals surface area contributed by atoms with Crippen molar-refractivity contribution in [3.63, 3.8) is 0 Å². The van der Waals surface area contributed by atoms with Gasteiger partial charge in [-0.15, -0.1) is 0 Å². The number of hydrogen-bond acceptors (Lipinski definition) is 2. The summed E-state index contributed by atoms with van der Waals surface area (Å²) in [6, 6.07) is 16.4. The number of ether oxygens (including phenoxy) is 1. The number of amides is 1. The summed E-state index contributed by atoms with van der Waals surface area (Å²) in [6.45, 7) is 6.22. The van der Waals surface area contributed by atoms with Crippen molar-refractivity contribution < 1.29 is 9.53 Å². The molecule has 0 radical (unpaired) electrons. The highest BCUT2D eigenvalue weighted by Gasteiger charge is 2.27. The molecule has 32 heavy (non-hydrogen) atoms. The Balaban J connectivity index is 1.56. The molecule has 1 aliphatic rings. The van der Waals surface area contributed by atoms with E-state index in [4.69, 9.17) is 10.5 Å². The molecule has 3 rings (SSSR count). The lowest BCUT2D eigenvalue weighted by Crippen LogP contribution is -2.32. The summed E-state index contributed by atoms with van der Waals surface area (Å²) >= 11 is 0. The largest absolute Gasteiger partial charge is 0.497 e. The first-order chi connectivity index (χ1) is 15.3. The maximum Gasteiger partial charge on any atom is 0.223 e. The molecular weight excluding hydrogens is 394 g/mol. The van der Waals surface area contributed by atoms with Crippen molar-refractivity contribution in [3.8, 4) is 17.6 Å². The van der Waals surface area contributed by atoms with E-state index in [9.17, 15) is 4.79 Å². The standard InChI is InChI=1S/C29H35NO2/c1-21(19-20-29(2,3)28(30)31)24-13-15-26(16-14-24)25-11-7-22(8-12-25)5-6-23-9-17-27(32-4)18-10-23/h7-12,15,17-18,21,24H,13-14,16,19-20H2,1-4H3,(H2,30,31). The molecule has 0 fully saturated rings. The highest BCUT2D eigenvalue weighted by molar-refractivity contribution is 5.79. The van der Waals surface area contributed by atoms with Gasteiger partial charge in [0.2, 0.25) is 5.91 Å². The van der Waals surface area contributed by atoms with Crippen LogP contribution in [0.3, 0.4) is 0 Å². The molecule has 168 valence electrons. The van der Waals surface area contributed by atoms with E-state index in [0.29, 0.717) is 11.8 Å². The normalized spacial score (nSPS) is 17.0. The molecule has 2 aromatic rings. The van der Waals surface area contributed by atoms with Crippen molar-refractivity contribution >= 4 is 11.5 Å². The van der Waals surface area contributed by atoms with Crippen LogP contribution in [0.5, 0.6) is 5.75 Å². The summed E-state index contributed by atoms with van der Waals surface area (Å²) in [5.74, 6) is 8.37. The molecule has 0 saturated carbocycles. The van der Waals surface area contributed by atoms with Crippen molar-refractivity contribution in [1.29, 1.82) is 0 Å². The Morgan fingerprint density at radius 2 is 1.69 bits per heavy atom. The number of rotatable bonds is 7. The van der Waals surface area contributed by atoms with Crippen LogP contribution in [0.15, 0.2) is 54.6 Å². The number of carbonyl (C=O) groups excluding carboxylic acids is 1. The van der Waals surface area contributed by atoms with Crippen LogP contribution in [0.2, 0.25) is 0 Å². The fourth-order valence-electron chi connectivity index (χ4n) is 4.17. The van der Waals surface area contributed by atoms with E-state index in [1.54, 1.807) is 7.11 Å². The number of primary amides is 1. The molecule has 0 aliphatic heterocycles. The zero-order chi connectivity index (χ0) is 23.1. The molecule has 0 aromatic heterocycles. The summed E-state index contributed by atoms with van der Waals surface area (Å²) in [7, 11) is 1.66.